The molecule has 130 valence electrons. The third kappa shape index (κ3) is 5.68. The first-order valence-corrected chi connectivity index (χ1v) is 9.39. The van der Waals surface area contributed by atoms with Crippen molar-refractivity contribution in [1.29, 1.82) is 0 Å². The molecular weight excluding hydrogens is 292 g/mol. The van der Waals surface area contributed by atoms with E-state index in [1.165, 1.54) is 24.2 Å². The van der Waals surface area contributed by atoms with Crippen molar-refractivity contribution in [3.05, 3.63) is 0 Å². The van der Waals surface area contributed by atoms with Gasteiger partial charge in [-0.1, -0.05) is 19.3 Å². The summed E-state index contributed by atoms with van der Waals surface area (Å²) < 4.78 is 0. The molecule has 0 bridgehead atoms. The molecule has 1 saturated heterocycles. The summed E-state index contributed by atoms with van der Waals surface area (Å²) in [5.41, 5.74) is 0. The van der Waals surface area contributed by atoms with Gasteiger partial charge in [0.1, 0.15) is 0 Å². The van der Waals surface area contributed by atoms with Crippen LogP contribution in [0.2, 0.25) is 0 Å². The maximum Gasteiger partial charge on any atom is 0.315 e. The molecule has 6 nitrogen and oxygen atoms in total. The van der Waals surface area contributed by atoms with Gasteiger partial charge in [0, 0.05) is 31.0 Å². The number of carbonyl (C=O) groups excluding carboxylic acids is 2. The average molecular weight is 323 g/mol. The normalized spacial score (nSPS) is 28.9. The molecule has 0 aromatic carbocycles. The number of rotatable bonds is 5. The molecule has 0 aromatic rings. The number of quaternary nitrogens is 1. The van der Waals surface area contributed by atoms with Crippen LogP contribution < -0.4 is 20.9 Å². The standard InChI is InChI=1S/C17H30N4O2/c22-16(18-14-6-7-14)12-21-10-8-15(9-11-21)20-17(23)19-13-4-2-1-3-5-13/h13-15H,1-12H2,(H,18,22)(H2,19,20,23)/p+1. The summed E-state index contributed by atoms with van der Waals surface area (Å²) in [5.74, 6) is 0.184. The number of urea groups is 1. The second-order valence-corrected chi connectivity index (χ2v) is 7.50. The summed E-state index contributed by atoms with van der Waals surface area (Å²) in [5, 5.41) is 9.29. The SMILES string of the molecule is O=C(C[NH+]1CCC(NC(=O)NC2CCCCC2)CC1)NC1CC1. The van der Waals surface area contributed by atoms with Crippen LogP contribution in [0.1, 0.15) is 57.8 Å². The van der Waals surface area contributed by atoms with Crippen LogP contribution in [0.4, 0.5) is 4.79 Å². The lowest BCUT2D eigenvalue weighted by Gasteiger charge is -2.30. The highest BCUT2D eigenvalue weighted by atomic mass is 16.2. The maximum absolute atomic E-state index is 12.1. The minimum Gasteiger partial charge on any atom is -0.348 e. The van der Waals surface area contributed by atoms with Crippen molar-refractivity contribution in [3.8, 4) is 0 Å². The lowest BCUT2D eigenvalue weighted by Crippen LogP contribution is -3.14. The number of hydrogen-bond donors (Lipinski definition) is 4. The number of amides is 3. The number of nitrogens with one attached hydrogen (secondary N) is 4. The summed E-state index contributed by atoms with van der Waals surface area (Å²) in [6, 6.07) is 1.07. The Labute approximate surface area is 138 Å². The summed E-state index contributed by atoms with van der Waals surface area (Å²) in [4.78, 5) is 25.2. The van der Waals surface area contributed by atoms with Crippen molar-refractivity contribution in [3.63, 3.8) is 0 Å². The van der Waals surface area contributed by atoms with Gasteiger partial charge in [-0.25, -0.2) is 4.79 Å². The molecule has 3 amide bonds. The Morgan fingerprint density at radius 2 is 1.30 bits per heavy atom. The van der Waals surface area contributed by atoms with E-state index in [0.29, 0.717) is 18.6 Å². The minimum absolute atomic E-state index is 0.00294. The van der Waals surface area contributed by atoms with E-state index in [2.05, 4.69) is 16.0 Å². The molecule has 0 aromatic heterocycles. The second-order valence-electron chi connectivity index (χ2n) is 7.50. The topological polar surface area (TPSA) is 74.7 Å². The molecule has 1 heterocycles. The third-order valence-corrected chi connectivity index (χ3v) is 5.32. The van der Waals surface area contributed by atoms with E-state index >= 15 is 0 Å². The molecule has 0 atom stereocenters. The highest BCUT2D eigenvalue weighted by Gasteiger charge is 2.28. The van der Waals surface area contributed by atoms with Gasteiger partial charge in [-0.05, 0) is 25.7 Å². The molecule has 23 heavy (non-hydrogen) atoms. The largest absolute Gasteiger partial charge is 0.348 e. The molecule has 4 N–H and O–H groups in total. The van der Waals surface area contributed by atoms with Crippen molar-refractivity contribution < 1.29 is 14.5 Å². The predicted molar refractivity (Wildman–Crippen MR) is 88.3 cm³/mol. The number of piperidine rings is 1. The third-order valence-electron chi connectivity index (χ3n) is 5.32. The fraction of sp³-hybridized carbons (Fsp3) is 0.882. The Kier molecular flexibility index (Phi) is 5.75. The van der Waals surface area contributed by atoms with Gasteiger partial charge >= 0.3 is 6.03 Å². The molecule has 3 fully saturated rings. The van der Waals surface area contributed by atoms with Crippen molar-refractivity contribution in [2.45, 2.75) is 75.9 Å². The molecule has 1 aliphatic heterocycles. The van der Waals surface area contributed by atoms with E-state index in [1.54, 1.807) is 0 Å². The van der Waals surface area contributed by atoms with Crippen LogP contribution in [0, 0.1) is 0 Å². The molecule has 2 saturated carbocycles. The van der Waals surface area contributed by atoms with E-state index in [-0.39, 0.29) is 18.0 Å². The van der Waals surface area contributed by atoms with E-state index in [9.17, 15) is 9.59 Å². The van der Waals surface area contributed by atoms with Gasteiger partial charge in [0.15, 0.2) is 6.54 Å². The number of likely N-dealkylation sites (tertiary alicyclic amines) is 1. The van der Waals surface area contributed by atoms with Crippen LogP contribution in [0.3, 0.4) is 0 Å². The van der Waals surface area contributed by atoms with Gasteiger partial charge in [0.05, 0.1) is 13.1 Å². The quantitative estimate of drug-likeness (QED) is 0.572. The number of carbonyl (C=O) groups is 2. The van der Waals surface area contributed by atoms with Crippen molar-refractivity contribution in [2.24, 2.45) is 0 Å². The zero-order valence-corrected chi connectivity index (χ0v) is 14.0. The van der Waals surface area contributed by atoms with E-state index in [0.717, 1.165) is 51.6 Å². The Bertz CT molecular complexity index is 411. The maximum atomic E-state index is 12.1. The van der Waals surface area contributed by atoms with Crippen LogP contribution in [0.5, 0.6) is 0 Å². The van der Waals surface area contributed by atoms with Crippen LogP contribution >= 0.6 is 0 Å². The lowest BCUT2D eigenvalue weighted by atomic mass is 9.96. The summed E-state index contributed by atoms with van der Waals surface area (Å²) in [7, 11) is 0. The molecule has 0 radical (unpaired) electrons. The average Bonchev–Trinajstić information content (AvgIpc) is 3.34. The van der Waals surface area contributed by atoms with E-state index in [4.69, 9.17) is 0 Å². The van der Waals surface area contributed by atoms with Crippen LogP contribution in [-0.4, -0.2) is 49.7 Å². The van der Waals surface area contributed by atoms with Crippen LogP contribution in [-0.2, 0) is 4.79 Å². The molecule has 6 heteroatoms. The van der Waals surface area contributed by atoms with Gasteiger partial charge in [-0.3, -0.25) is 4.79 Å². The van der Waals surface area contributed by atoms with Gasteiger partial charge in [0.2, 0.25) is 0 Å². The van der Waals surface area contributed by atoms with Gasteiger partial charge in [0.25, 0.3) is 5.91 Å². The van der Waals surface area contributed by atoms with Crippen LogP contribution in [0.25, 0.3) is 0 Å². The fourth-order valence-corrected chi connectivity index (χ4v) is 3.74. The fourth-order valence-electron chi connectivity index (χ4n) is 3.74. The van der Waals surface area contributed by atoms with Crippen molar-refractivity contribution in [1.82, 2.24) is 16.0 Å². The Hall–Kier alpha value is -1.30. The van der Waals surface area contributed by atoms with Crippen molar-refractivity contribution >= 4 is 11.9 Å². The van der Waals surface area contributed by atoms with E-state index < -0.39 is 0 Å². The lowest BCUT2D eigenvalue weighted by molar-refractivity contribution is -0.897. The molecule has 3 rings (SSSR count). The zero-order valence-electron chi connectivity index (χ0n) is 14.0. The number of hydrogen-bond acceptors (Lipinski definition) is 2. The first-order chi connectivity index (χ1) is 11.2. The summed E-state index contributed by atoms with van der Waals surface area (Å²) >= 11 is 0. The monoisotopic (exact) mass is 323 g/mol. The molecule has 0 spiro atoms. The van der Waals surface area contributed by atoms with Gasteiger partial charge in [-0.15, -0.1) is 0 Å². The van der Waals surface area contributed by atoms with Gasteiger partial charge < -0.3 is 20.9 Å². The smallest absolute Gasteiger partial charge is 0.315 e. The van der Waals surface area contributed by atoms with Crippen molar-refractivity contribution in [2.75, 3.05) is 19.6 Å². The Morgan fingerprint density at radius 1 is 0.739 bits per heavy atom. The van der Waals surface area contributed by atoms with E-state index in [1.807, 2.05) is 0 Å². The molecule has 0 unspecified atom stereocenters. The first-order valence-electron chi connectivity index (χ1n) is 9.39. The Morgan fingerprint density at radius 3 is 1.91 bits per heavy atom. The second kappa shape index (κ2) is 7.99. The highest BCUT2D eigenvalue weighted by Crippen LogP contribution is 2.18. The highest BCUT2D eigenvalue weighted by molar-refractivity contribution is 5.77. The zero-order chi connectivity index (χ0) is 16.1. The van der Waals surface area contributed by atoms with Gasteiger partial charge in [-0.2, -0.15) is 0 Å². The Balaban J connectivity index is 1.30. The summed E-state index contributed by atoms with van der Waals surface area (Å²) in [6.45, 7) is 2.51. The molecular formula is C17H31N4O2+. The first kappa shape index (κ1) is 16.6. The summed E-state index contributed by atoms with van der Waals surface area (Å²) in [6.07, 6.45) is 10.2. The predicted octanol–water partition coefficient (Wildman–Crippen LogP) is -0.0558. The minimum atomic E-state index is -0.00294. The van der Waals surface area contributed by atoms with Crippen LogP contribution in [0.15, 0.2) is 0 Å². The molecule has 3 aliphatic rings. The molecule has 2 aliphatic carbocycles.